The highest BCUT2D eigenvalue weighted by atomic mass is 16.8. The Morgan fingerprint density at radius 3 is 1.56 bits per heavy atom. The van der Waals surface area contributed by atoms with Crippen molar-refractivity contribution < 1.29 is 104 Å². The van der Waals surface area contributed by atoms with Crippen LogP contribution < -0.4 is 10.6 Å². The number of hydrogen-bond donors (Lipinski definition) is 14. The summed E-state index contributed by atoms with van der Waals surface area (Å²) in [4.78, 5) is 38.5. The maximum absolute atomic E-state index is 13.4. The first kappa shape index (κ1) is 78.5. The summed E-state index contributed by atoms with van der Waals surface area (Å²) >= 11 is 0. The number of aliphatic hydroxyl groups excluding tert-OH is 11. The first-order valence-electron chi connectivity index (χ1n) is 33.2. The highest BCUT2D eigenvalue weighted by Gasteiger charge is 2.60. The Balaban J connectivity index is 1.64. The molecule has 2 amide bonds. The summed E-state index contributed by atoms with van der Waals surface area (Å²) < 4.78 is 34.7. The molecule has 87 heavy (non-hydrogen) atoms. The van der Waals surface area contributed by atoms with Crippen molar-refractivity contribution in [2.45, 2.75) is 336 Å². The topological polar surface area (TPSA) is 373 Å². The quantitative estimate of drug-likeness (QED) is 0.0285. The Morgan fingerprint density at radius 2 is 1.08 bits per heavy atom. The molecule has 3 heterocycles. The van der Waals surface area contributed by atoms with Gasteiger partial charge in [0.1, 0.15) is 67.1 Å². The molecule has 3 aliphatic heterocycles. The first-order valence-corrected chi connectivity index (χ1v) is 33.2. The summed E-state index contributed by atoms with van der Waals surface area (Å²) in [5, 5.41) is 136. The molecule has 18 unspecified atom stereocenters. The molecular weight excluding hydrogens is 1130 g/mol. The normalized spacial score (nSPS) is 29.3. The number of aliphatic hydroxyl groups is 11. The van der Waals surface area contributed by atoms with Gasteiger partial charge in [0.15, 0.2) is 12.6 Å². The molecule has 3 saturated heterocycles. The van der Waals surface area contributed by atoms with Crippen molar-refractivity contribution in [3.8, 4) is 0 Å². The summed E-state index contributed by atoms with van der Waals surface area (Å²) in [6, 6.07) is -2.62. The zero-order chi connectivity index (χ0) is 64.0. The molecule has 0 aromatic carbocycles. The smallest absolute Gasteiger partial charge is 0.364 e. The summed E-state index contributed by atoms with van der Waals surface area (Å²) in [6.45, 7) is 2.11. The molecule has 0 bridgehead atoms. The van der Waals surface area contributed by atoms with Gasteiger partial charge < -0.3 is 100 Å². The number of ether oxygens (including phenoxy) is 6. The predicted molar refractivity (Wildman–Crippen MR) is 324 cm³/mol. The van der Waals surface area contributed by atoms with Crippen LogP contribution in [0.5, 0.6) is 0 Å². The van der Waals surface area contributed by atoms with Gasteiger partial charge in [-0.05, 0) is 44.9 Å². The fourth-order valence-corrected chi connectivity index (χ4v) is 11.5. The lowest BCUT2D eigenvalue weighted by Crippen LogP contribution is -2.70. The molecule has 0 aliphatic carbocycles. The number of carbonyl (C=O) groups is 3. The number of nitrogens with one attached hydrogen (secondary N) is 2. The minimum absolute atomic E-state index is 0.191. The number of rotatable bonds is 49. The van der Waals surface area contributed by atoms with Crippen LogP contribution in [-0.4, -0.2) is 215 Å². The molecule has 0 aromatic heterocycles. The molecule has 23 nitrogen and oxygen atoms in total. The standard InChI is InChI=1S/C64H116N2O21/c1-4-6-8-10-12-14-16-18-20-22-23-25-27-29-31-33-35-37-46(71)45(66-51(74)38-36-34-32-30-28-26-24-21-19-17-15-13-11-9-7-5-2)43-82-61-56(78)55(77)58(50(42-69)84-61)85-62-57(79)60(54(76)49(41-68)83-62)87-64(63(80)81)39-47(72)52(65-44(3)70)59(86-64)53(75)48(73)40-67/h21,24,35,37,45-50,52-62,67-69,71-73,75-79H,4-20,22-23,25-34,36,38-43H2,1-3H3,(H,65,70)(H,66,74)(H,80,81)/b24-21-,37-35+. The second-order valence-electron chi connectivity index (χ2n) is 24.3. The van der Waals surface area contributed by atoms with Crippen LogP contribution in [0.15, 0.2) is 24.3 Å². The lowest BCUT2D eigenvalue weighted by atomic mass is 9.88. The monoisotopic (exact) mass is 1250 g/mol. The number of carbonyl (C=O) groups excluding carboxylic acids is 2. The zero-order valence-electron chi connectivity index (χ0n) is 52.6. The molecule has 18 atom stereocenters. The Labute approximate surface area is 517 Å². The summed E-state index contributed by atoms with van der Waals surface area (Å²) in [5.74, 6) is -6.15. The second-order valence-corrected chi connectivity index (χ2v) is 24.3. The van der Waals surface area contributed by atoms with Crippen molar-refractivity contribution in [1.29, 1.82) is 0 Å². The minimum Gasteiger partial charge on any atom is -0.477 e. The van der Waals surface area contributed by atoms with Crippen molar-refractivity contribution in [3.05, 3.63) is 24.3 Å². The zero-order valence-corrected chi connectivity index (χ0v) is 52.6. The van der Waals surface area contributed by atoms with E-state index in [1.807, 2.05) is 6.08 Å². The van der Waals surface area contributed by atoms with Crippen LogP contribution in [0, 0.1) is 0 Å². The van der Waals surface area contributed by atoms with E-state index in [1.165, 1.54) is 122 Å². The number of hydrogen-bond acceptors (Lipinski definition) is 20. The number of aliphatic carboxylic acids is 1. The van der Waals surface area contributed by atoms with Crippen LogP contribution in [0.1, 0.15) is 226 Å². The minimum atomic E-state index is -3.08. The van der Waals surface area contributed by atoms with Crippen LogP contribution in [0.2, 0.25) is 0 Å². The van der Waals surface area contributed by atoms with Gasteiger partial charge in [-0.15, -0.1) is 0 Å². The number of unbranched alkanes of at least 4 members (excludes halogenated alkanes) is 27. The SMILES string of the molecule is CCCCCCCCC/C=C\CCCCCCCC(=O)NC(COC1OC(CO)C(OC2OC(CO)C(O)C(OC3(C(=O)O)CC(O)C(NC(C)=O)C(C(O)C(O)CO)O3)C2O)C(O)C1O)C(O)/C=C/CCCCCCCCCCCCCCCCC. The van der Waals surface area contributed by atoms with Crippen molar-refractivity contribution in [2.24, 2.45) is 0 Å². The molecule has 0 saturated carbocycles. The van der Waals surface area contributed by atoms with Gasteiger partial charge in [-0.25, -0.2) is 4.79 Å². The fraction of sp³-hybridized carbons (Fsp3) is 0.891. The Morgan fingerprint density at radius 1 is 0.598 bits per heavy atom. The Hall–Kier alpha value is -2.79. The van der Waals surface area contributed by atoms with Gasteiger partial charge >= 0.3 is 5.97 Å². The number of carboxylic acid groups (broad SMARTS) is 1. The van der Waals surface area contributed by atoms with Gasteiger partial charge in [-0.2, -0.15) is 0 Å². The third kappa shape index (κ3) is 28.7. The maximum atomic E-state index is 13.4. The van der Waals surface area contributed by atoms with Crippen molar-refractivity contribution in [2.75, 3.05) is 26.4 Å². The highest BCUT2D eigenvalue weighted by molar-refractivity contribution is 5.77. The van der Waals surface area contributed by atoms with Crippen molar-refractivity contribution in [1.82, 2.24) is 10.6 Å². The van der Waals surface area contributed by atoms with Gasteiger partial charge in [0.2, 0.25) is 11.8 Å². The molecule has 0 aromatic rings. The third-order valence-electron chi connectivity index (χ3n) is 16.9. The van der Waals surface area contributed by atoms with Gasteiger partial charge in [-0.3, -0.25) is 9.59 Å². The molecule has 508 valence electrons. The second kappa shape index (κ2) is 45.5. The van der Waals surface area contributed by atoms with Crippen LogP contribution in [0.4, 0.5) is 0 Å². The van der Waals surface area contributed by atoms with Crippen LogP contribution >= 0.6 is 0 Å². The number of carboxylic acids is 1. The summed E-state index contributed by atoms with van der Waals surface area (Å²) in [6.07, 6.45) is 13.7. The van der Waals surface area contributed by atoms with E-state index in [4.69, 9.17) is 28.4 Å². The lowest BCUT2D eigenvalue weighted by molar-refractivity contribution is -0.386. The summed E-state index contributed by atoms with van der Waals surface area (Å²) in [7, 11) is 0. The molecule has 3 rings (SSSR count). The molecule has 0 radical (unpaired) electrons. The van der Waals surface area contributed by atoms with Gasteiger partial charge in [0.25, 0.3) is 5.79 Å². The van der Waals surface area contributed by atoms with E-state index in [2.05, 4.69) is 36.6 Å². The van der Waals surface area contributed by atoms with Crippen LogP contribution in [0.25, 0.3) is 0 Å². The van der Waals surface area contributed by atoms with E-state index in [-0.39, 0.29) is 12.3 Å². The average Bonchev–Trinajstić information content (AvgIpc) is 2.77. The van der Waals surface area contributed by atoms with Crippen molar-refractivity contribution >= 4 is 17.8 Å². The molecule has 14 N–H and O–H groups in total. The highest BCUT2D eigenvalue weighted by Crippen LogP contribution is 2.38. The first-order chi connectivity index (χ1) is 41.9. The Kier molecular flexibility index (Phi) is 41.0. The fourth-order valence-electron chi connectivity index (χ4n) is 11.5. The van der Waals surface area contributed by atoms with E-state index in [9.17, 15) is 75.7 Å². The molecule has 23 heteroatoms. The van der Waals surface area contributed by atoms with Crippen molar-refractivity contribution in [3.63, 3.8) is 0 Å². The summed E-state index contributed by atoms with van der Waals surface area (Å²) in [5.41, 5.74) is 0. The van der Waals surface area contributed by atoms with E-state index in [1.54, 1.807) is 6.08 Å². The third-order valence-corrected chi connectivity index (χ3v) is 16.9. The largest absolute Gasteiger partial charge is 0.477 e. The van der Waals surface area contributed by atoms with E-state index < -0.39 is 155 Å². The Bertz CT molecular complexity index is 1870. The van der Waals surface area contributed by atoms with E-state index in [0.29, 0.717) is 12.8 Å². The molecular formula is C64H116N2O21. The van der Waals surface area contributed by atoms with E-state index >= 15 is 0 Å². The predicted octanol–water partition coefficient (Wildman–Crippen LogP) is 4.89. The molecule has 3 aliphatic rings. The van der Waals surface area contributed by atoms with Gasteiger partial charge in [-0.1, -0.05) is 186 Å². The molecule has 0 spiro atoms. The van der Waals surface area contributed by atoms with Gasteiger partial charge in [0, 0.05) is 19.8 Å². The van der Waals surface area contributed by atoms with E-state index in [0.717, 1.165) is 64.7 Å². The number of amides is 2. The average molecular weight is 1250 g/mol. The van der Waals surface area contributed by atoms with Crippen LogP contribution in [0.3, 0.4) is 0 Å². The lowest BCUT2D eigenvalue weighted by Gasteiger charge is -2.50. The van der Waals surface area contributed by atoms with Gasteiger partial charge in [0.05, 0.1) is 50.7 Å². The maximum Gasteiger partial charge on any atom is 0.364 e. The number of allylic oxidation sites excluding steroid dienone is 3. The molecule has 3 fully saturated rings. The van der Waals surface area contributed by atoms with Crippen LogP contribution in [-0.2, 0) is 42.8 Å².